The topological polar surface area (TPSA) is 69.7 Å². The minimum Gasteiger partial charge on any atom is -0.497 e. The number of hydrogen-bond acceptors (Lipinski definition) is 6. The molecule has 0 radical (unpaired) electrons. The van der Waals surface area contributed by atoms with Gasteiger partial charge >= 0.3 is 0 Å². The van der Waals surface area contributed by atoms with Crippen LogP contribution in [0.1, 0.15) is 18.4 Å². The lowest BCUT2D eigenvalue weighted by molar-refractivity contribution is 0.142. The third-order valence-corrected chi connectivity index (χ3v) is 3.60. The van der Waals surface area contributed by atoms with Crippen LogP contribution in [0.3, 0.4) is 0 Å². The van der Waals surface area contributed by atoms with Crippen LogP contribution in [0.4, 0.5) is 0 Å². The van der Waals surface area contributed by atoms with Crippen molar-refractivity contribution in [1.29, 1.82) is 0 Å². The Morgan fingerprint density at radius 3 is 2.52 bits per heavy atom. The summed E-state index contributed by atoms with van der Waals surface area (Å²) in [5.74, 6) is 1.77. The number of methoxy groups -OCH3 is 1. The molecule has 3 rings (SSSR count). The number of benzene rings is 2. The lowest BCUT2D eigenvalue weighted by Gasteiger charge is -2.01. The van der Waals surface area contributed by atoms with Gasteiger partial charge in [-0.1, -0.05) is 35.5 Å². The predicted octanol–water partition coefficient (Wildman–Crippen LogP) is 3.73. The number of oxime groups is 1. The van der Waals surface area contributed by atoms with Crippen molar-refractivity contribution in [3.05, 3.63) is 66.1 Å². The van der Waals surface area contributed by atoms with E-state index in [1.807, 2.05) is 61.5 Å². The zero-order chi connectivity index (χ0) is 17.5. The highest BCUT2D eigenvalue weighted by atomic mass is 16.6. The van der Waals surface area contributed by atoms with Gasteiger partial charge in [-0.25, -0.2) is 0 Å². The lowest BCUT2D eigenvalue weighted by atomic mass is 10.1. The number of hydrogen-bond donors (Lipinski definition) is 0. The molecule has 2 aromatic carbocycles. The average Bonchev–Trinajstić information content (AvgIpc) is 3.15. The Kier molecular flexibility index (Phi) is 5.41. The average molecular weight is 337 g/mol. The van der Waals surface area contributed by atoms with E-state index < -0.39 is 0 Å². The van der Waals surface area contributed by atoms with Crippen LogP contribution in [-0.4, -0.2) is 29.6 Å². The molecule has 3 aromatic rings. The van der Waals surface area contributed by atoms with Crippen molar-refractivity contribution in [1.82, 2.24) is 10.2 Å². The van der Waals surface area contributed by atoms with Crippen LogP contribution in [0.5, 0.6) is 5.75 Å². The number of rotatable bonds is 7. The van der Waals surface area contributed by atoms with Crippen LogP contribution in [0.25, 0.3) is 11.5 Å². The highest BCUT2D eigenvalue weighted by molar-refractivity contribution is 5.98. The molecule has 0 atom stereocenters. The summed E-state index contributed by atoms with van der Waals surface area (Å²) in [5.41, 5.74) is 2.70. The summed E-state index contributed by atoms with van der Waals surface area (Å²) in [6, 6.07) is 17.3. The maximum Gasteiger partial charge on any atom is 0.247 e. The maximum atomic E-state index is 5.64. The summed E-state index contributed by atoms with van der Waals surface area (Å²) < 4.78 is 10.8. The molecule has 0 fully saturated rings. The first-order chi connectivity index (χ1) is 12.3. The van der Waals surface area contributed by atoms with Crippen LogP contribution in [0.15, 0.2) is 64.2 Å². The number of aromatic nitrogens is 2. The van der Waals surface area contributed by atoms with Gasteiger partial charge in [-0.05, 0) is 36.8 Å². The van der Waals surface area contributed by atoms with E-state index in [-0.39, 0.29) is 0 Å². The smallest absolute Gasteiger partial charge is 0.247 e. The summed E-state index contributed by atoms with van der Waals surface area (Å²) in [6.07, 6.45) is 0.495. The van der Waals surface area contributed by atoms with E-state index in [1.54, 1.807) is 7.11 Å². The second kappa shape index (κ2) is 8.10. The summed E-state index contributed by atoms with van der Waals surface area (Å²) >= 11 is 0. The molecule has 0 unspecified atom stereocenters. The molecule has 0 bridgehead atoms. The van der Waals surface area contributed by atoms with Crippen molar-refractivity contribution in [3.8, 4) is 17.2 Å². The monoisotopic (exact) mass is 337 g/mol. The largest absolute Gasteiger partial charge is 0.497 e. The molecule has 0 aliphatic rings. The van der Waals surface area contributed by atoms with E-state index in [4.69, 9.17) is 14.0 Å². The Hall–Kier alpha value is -3.15. The fourth-order valence-electron chi connectivity index (χ4n) is 2.21. The van der Waals surface area contributed by atoms with E-state index in [2.05, 4.69) is 15.4 Å². The summed E-state index contributed by atoms with van der Waals surface area (Å²) in [7, 11) is 1.63. The highest BCUT2D eigenvalue weighted by Gasteiger charge is 2.09. The van der Waals surface area contributed by atoms with Crippen LogP contribution in [0.2, 0.25) is 0 Å². The van der Waals surface area contributed by atoms with Gasteiger partial charge in [0.25, 0.3) is 0 Å². The Morgan fingerprint density at radius 1 is 1.04 bits per heavy atom. The maximum absolute atomic E-state index is 5.64. The fraction of sp³-hybridized carbons (Fsp3) is 0.211. The molecule has 1 aromatic heterocycles. The zero-order valence-corrected chi connectivity index (χ0v) is 14.2. The van der Waals surface area contributed by atoms with Gasteiger partial charge in [0.1, 0.15) is 12.4 Å². The van der Waals surface area contributed by atoms with E-state index in [1.165, 1.54) is 0 Å². The first-order valence-corrected chi connectivity index (χ1v) is 7.95. The molecule has 128 valence electrons. The van der Waals surface area contributed by atoms with Gasteiger partial charge in [0, 0.05) is 5.56 Å². The van der Waals surface area contributed by atoms with Crippen LogP contribution in [-0.2, 0) is 11.3 Å². The van der Waals surface area contributed by atoms with Crippen molar-refractivity contribution in [2.45, 2.75) is 13.3 Å². The first-order valence-electron chi connectivity index (χ1n) is 7.95. The lowest BCUT2D eigenvalue weighted by Crippen LogP contribution is -1.99. The van der Waals surface area contributed by atoms with Gasteiger partial charge in [-0.15, -0.1) is 10.2 Å². The van der Waals surface area contributed by atoms with Crippen molar-refractivity contribution in [2.75, 3.05) is 13.7 Å². The van der Waals surface area contributed by atoms with Gasteiger partial charge in [0.05, 0.1) is 19.2 Å². The molecule has 6 nitrogen and oxygen atoms in total. The molecule has 25 heavy (non-hydrogen) atoms. The van der Waals surface area contributed by atoms with Gasteiger partial charge in [0.2, 0.25) is 11.8 Å². The molecule has 0 saturated carbocycles. The fourth-order valence-corrected chi connectivity index (χ4v) is 2.21. The molecule has 0 aliphatic carbocycles. The van der Waals surface area contributed by atoms with Crippen LogP contribution >= 0.6 is 0 Å². The zero-order valence-electron chi connectivity index (χ0n) is 14.2. The van der Waals surface area contributed by atoms with Crippen molar-refractivity contribution < 1.29 is 14.0 Å². The second-order valence-corrected chi connectivity index (χ2v) is 5.36. The number of nitrogens with zero attached hydrogens (tertiary/aromatic N) is 3. The molecular weight excluding hydrogens is 318 g/mol. The van der Waals surface area contributed by atoms with Gasteiger partial charge in [0.15, 0.2) is 0 Å². The third-order valence-electron chi connectivity index (χ3n) is 3.60. The quantitative estimate of drug-likeness (QED) is 0.373. The van der Waals surface area contributed by atoms with Gasteiger partial charge in [-0.2, -0.15) is 0 Å². The minimum absolute atomic E-state index is 0.369. The summed E-state index contributed by atoms with van der Waals surface area (Å²) in [5, 5.41) is 12.2. The van der Waals surface area contributed by atoms with Crippen molar-refractivity contribution in [2.24, 2.45) is 5.16 Å². The Balaban J connectivity index is 1.53. The molecule has 0 amide bonds. The standard InChI is InChI=1S/C19H19N3O3/c1-14(15-6-4-3-5-7-15)22-24-13-12-18-20-21-19(25-18)16-8-10-17(23-2)11-9-16/h3-11H,12-13H2,1-2H3/b22-14+. The van der Waals surface area contributed by atoms with E-state index in [0.717, 1.165) is 22.6 Å². The van der Waals surface area contributed by atoms with Gasteiger partial charge < -0.3 is 14.0 Å². The third kappa shape index (κ3) is 4.44. The van der Waals surface area contributed by atoms with Crippen molar-refractivity contribution in [3.63, 3.8) is 0 Å². The molecular formula is C19H19N3O3. The number of ether oxygens (including phenoxy) is 1. The second-order valence-electron chi connectivity index (χ2n) is 5.36. The normalized spacial score (nSPS) is 11.4. The van der Waals surface area contributed by atoms with E-state index in [9.17, 15) is 0 Å². The molecule has 0 N–H and O–H groups in total. The summed E-state index contributed by atoms with van der Waals surface area (Å²) in [4.78, 5) is 5.34. The molecule has 0 spiro atoms. The molecule has 0 aliphatic heterocycles. The molecule has 6 heteroatoms. The Bertz CT molecular complexity index is 827. The predicted molar refractivity (Wildman–Crippen MR) is 94.6 cm³/mol. The Morgan fingerprint density at radius 2 is 1.80 bits per heavy atom. The van der Waals surface area contributed by atoms with Crippen LogP contribution < -0.4 is 4.74 Å². The minimum atomic E-state index is 0.369. The Labute approximate surface area is 146 Å². The molecule has 0 saturated heterocycles. The molecule has 1 heterocycles. The summed E-state index contributed by atoms with van der Waals surface area (Å²) in [6.45, 7) is 2.28. The highest BCUT2D eigenvalue weighted by Crippen LogP contribution is 2.21. The van der Waals surface area contributed by atoms with Crippen molar-refractivity contribution >= 4 is 5.71 Å². The van der Waals surface area contributed by atoms with E-state index >= 15 is 0 Å². The van der Waals surface area contributed by atoms with E-state index in [0.29, 0.717) is 24.8 Å². The first kappa shape index (κ1) is 16.7. The van der Waals surface area contributed by atoms with Crippen LogP contribution in [0, 0.1) is 0 Å². The SMILES string of the molecule is COc1ccc(-c2nnc(CCO/N=C(\C)c3ccccc3)o2)cc1. The van der Waals surface area contributed by atoms with Gasteiger partial charge in [-0.3, -0.25) is 0 Å².